The van der Waals surface area contributed by atoms with E-state index in [1.54, 1.807) is 0 Å². The summed E-state index contributed by atoms with van der Waals surface area (Å²) >= 11 is 2.73. The van der Waals surface area contributed by atoms with E-state index in [0.717, 1.165) is 58.5 Å². The summed E-state index contributed by atoms with van der Waals surface area (Å²) in [5.41, 5.74) is 18.4. The SMILES string of the molecule is IC1CCCC(C2(c3ccccc3)c3cc(N(c4ccc(C5=c6oc7ccccc7c6=CCC5)cc4)c4ccc(-c5ccccc5)cc4)ccc3-c3c2ccc2c3oc3ccccc32)C1. The summed E-state index contributed by atoms with van der Waals surface area (Å²) in [4.78, 5) is 2.46. The van der Waals surface area contributed by atoms with Crippen molar-refractivity contribution < 1.29 is 8.83 Å². The standard InChI is InChI=1S/C61H46INO2/c62-44-18-11-17-43(37-44)61(42-15-5-2-6-16-42)54-36-35-52-50-20-8-10-24-57(50)65-60(52)58(54)53-34-33-47(38-55(53)61)63(45-29-25-40(26-30-45)39-13-3-1-4-14-39)46-31-27-41(28-32-46)48-21-12-22-51-49-19-7-9-23-56(49)64-59(48)51/h1-10,13-16,19-20,22-36,38,43-44H,11-12,17-18,21,37H2. The maximum atomic E-state index is 6.93. The van der Waals surface area contributed by atoms with Gasteiger partial charge in [-0.05, 0) is 125 Å². The summed E-state index contributed by atoms with van der Waals surface area (Å²) in [6.45, 7) is 0. The maximum absolute atomic E-state index is 6.93. The van der Waals surface area contributed by atoms with Gasteiger partial charge in [0.15, 0.2) is 0 Å². The first-order valence-electron chi connectivity index (χ1n) is 23.2. The third-order valence-corrected chi connectivity index (χ3v) is 15.9. The molecule has 0 radical (unpaired) electrons. The molecule has 3 atom stereocenters. The van der Waals surface area contributed by atoms with Crippen molar-refractivity contribution in [1.82, 2.24) is 0 Å². The zero-order chi connectivity index (χ0) is 43.1. The van der Waals surface area contributed by atoms with E-state index in [0.29, 0.717) is 9.84 Å². The van der Waals surface area contributed by atoms with Crippen LogP contribution < -0.4 is 15.5 Å². The lowest BCUT2D eigenvalue weighted by molar-refractivity contribution is 0.285. The Bertz CT molecular complexity index is 3570. The van der Waals surface area contributed by atoms with E-state index in [-0.39, 0.29) is 5.41 Å². The summed E-state index contributed by atoms with van der Waals surface area (Å²) < 4.78 is 14.1. The largest absolute Gasteiger partial charge is 0.456 e. The Balaban J connectivity index is 1.03. The molecular weight excluding hydrogens is 906 g/mol. The second-order valence-electron chi connectivity index (χ2n) is 18.2. The molecule has 1 fully saturated rings. The fourth-order valence-electron chi connectivity index (χ4n) is 11.9. The molecule has 0 saturated heterocycles. The Labute approximate surface area is 392 Å². The van der Waals surface area contributed by atoms with E-state index in [9.17, 15) is 0 Å². The molecule has 13 rings (SSSR count). The van der Waals surface area contributed by atoms with Gasteiger partial charge in [0.05, 0.1) is 0 Å². The molecule has 0 N–H and O–H groups in total. The fourth-order valence-corrected chi connectivity index (χ4v) is 12.9. The van der Waals surface area contributed by atoms with Crippen molar-refractivity contribution in [3.05, 3.63) is 221 Å². The van der Waals surface area contributed by atoms with Gasteiger partial charge in [0.2, 0.25) is 0 Å². The molecule has 2 heterocycles. The summed E-state index contributed by atoms with van der Waals surface area (Å²) in [5, 5.41) is 4.76. The predicted molar refractivity (Wildman–Crippen MR) is 277 cm³/mol. The van der Waals surface area contributed by atoms with E-state index in [2.05, 4.69) is 222 Å². The third kappa shape index (κ3) is 6.13. The van der Waals surface area contributed by atoms with Crippen molar-refractivity contribution in [2.45, 2.75) is 47.9 Å². The van der Waals surface area contributed by atoms with Crippen LogP contribution in [0.4, 0.5) is 17.1 Å². The normalized spacial score (nSPS) is 18.9. The van der Waals surface area contributed by atoms with Crippen molar-refractivity contribution in [3.63, 3.8) is 0 Å². The lowest BCUT2D eigenvalue weighted by Gasteiger charge is -2.44. The number of para-hydroxylation sites is 2. The molecule has 0 bridgehead atoms. The molecule has 8 aromatic carbocycles. The predicted octanol–water partition coefficient (Wildman–Crippen LogP) is 15.6. The molecule has 3 nitrogen and oxygen atoms in total. The Morgan fingerprint density at radius 3 is 1.94 bits per heavy atom. The van der Waals surface area contributed by atoms with Crippen LogP contribution in [0.25, 0.3) is 66.8 Å². The lowest BCUT2D eigenvalue weighted by Crippen LogP contribution is -2.39. The van der Waals surface area contributed by atoms with Crippen LogP contribution in [-0.4, -0.2) is 3.92 Å². The van der Waals surface area contributed by atoms with Gasteiger partial charge in [-0.25, -0.2) is 0 Å². The molecule has 2 aromatic heterocycles. The summed E-state index contributed by atoms with van der Waals surface area (Å²) in [6, 6.07) is 69.4. The van der Waals surface area contributed by atoms with Gasteiger partial charge in [0.25, 0.3) is 0 Å². The molecule has 1 saturated carbocycles. The van der Waals surface area contributed by atoms with Gasteiger partial charge in [-0.1, -0.05) is 175 Å². The molecule has 4 heteroatoms. The van der Waals surface area contributed by atoms with E-state index in [4.69, 9.17) is 8.83 Å². The van der Waals surface area contributed by atoms with Gasteiger partial charge >= 0.3 is 0 Å². The minimum absolute atomic E-state index is 0.370. The highest BCUT2D eigenvalue weighted by Crippen LogP contribution is 2.62. The second kappa shape index (κ2) is 15.5. The van der Waals surface area contributed by atoms with E-state index in [1.807, 2.05) is 0 Å². The Morgan fingerprint density at radius 1 is 0.538 bits per heavy atom. The van der Waals surface area contributed by atoms with Crippen LogP contribution in [-0.2, 0) is 5.41 Å². The Kier molecular flexibility index (Phi) is 9.26. The molecule has 3 aliphatic carbocycles. The highest BCUT2D eigenvalue weighted by atomic mass is 127. The van der Waals surface area contributed by atoms with Crippen LogP contribution in [0.5, 0.6) is 0 Å². The van der Waals surface area contributed by atoms with E-state index >= 15 is 0 Å². The average molecular weight is 952 g/mol. The van der Waals surface area contributed by atoms with Crippen molar-refractivity contribution >= 4 is 84.2 Å². The van der Waals surface area contributed by atoms with E-state index < -0.39 is 0 Å². The molecule has 314 valence electrons. The van der Waals surface area contributed by atoms with Gasteiger partial charge in [-0.15, -0.1) is 0 Å². The fraction of sp³-hybridized carbons (Fsp3) is 0.148. The Hall–Kier alpha value is -6.63. The van der Waals surface area contributed by atoms with Gasteiger partial charge in [-0.2, -0.15) is 0 Å². The average Bonchev–Trinajstić information content (AvgIpc) is 4.04. The zero-order valence-corrected chi connectivity index (χ0v) is 38.2. The smallest absolute Gasteiger partial charge is 0.143 e. The van der Waals surface area contributed by atoms with Gasteiger partial charge in [0.1, 0.15) is 22.2 Å². The maximum Gasteiger partial charge on any atom is 0.143 e. The number of benzene rings is 8. The van der Waals surface area contributed by atoms with Crippen molar-refractivity contribution in [2.24, 2.45) is 5.92 Å². The first-order valence-corrected chi connectivity index (χ1v) is 24.4. The Morgan fingerprint density at radius 2 is 1.18 bits per heavy atom. The topological polar surface area (TPSA) is 29.5 Å². The summed E-state index contributed by atoms with van der Waals surface area (Å²) in [6.07, 6.45) is 9.10. The number of hydrogen-bond acceptors (Lipinski definition) is 3. The number of halogens is 1. The first kappa shape index (κ1) is 38.8. The first-order chi connectivity index (χ1) is 32.1. The molecular formula is C61H46INO2. The van der Waals surface area contributed by atoms with Crippen LogP contribution in [0.15, 0.2) is 197 Å². The molecule has 0 aliphatic heterocycles. The van der Waals surface area contributed by atoms with Gasteiger partial charge in [-0.3, -0.25) is 0 Å². The van der Waals surface area contributed by atoms with E-state index in [1.165, 1.54) is 90.7 Å². The monoisotopic (exact) mass is 951 g/mol. The minimum Gasteiger partial charge on any atom is -0.456 e. The molecule has 10 aromatic rings. The van der Waals surface area contributed by atoms with Crippen molar-refractivity contribution in [1.29, 1.82) is 0 Å². The van der Waals surface area contributed by atoms with Crippen LogP contribution in [0.1, 0.15) is 60.8 Å². The van der Waals surface area contributed by atoms with Gasteiger partial charge in [0, 0.05) is 58.9 Å². The second-order valence-corrected chi connectivity index (χ2v) is 19.9. The number of rotatable bonds is 7. The van der Waals surface area contributed by atoms with Crippen LogP contribution in [0, 0.1) is 5.92 Å². The molecule has 0 spiro atoms. The molecule has 65 heavy (non-hydrogen) atoms. The third-order valence-electron chi connectivity index (χ3n) is 14.7. The number of fused-ring (bicyclic) bond motifs is 10. The van der Waals surface area contributed by atoms with Crippen LogP contribution >= 0.6 is 22.6 Å². The number of alkyl halides is 1. The lowest BCUT2D eigenvalue weighted by atomic mass is 9.60. The van der Waals surface area contributed by atoms with Crippen LogP contribution in [0.3, 0.4) is 0 Å². The molecule has 3 aliphatic rings. The number of anilines is 3. The number of hydrogen-bond donors (Lipinski definition) is 0. The number of furan rings is 2. The van der Waals surface area contributed by atoms with Gasteiger partial charge < -0.3 is 13.7 Å². The zero-order valence-electron chi connectivity index (χ0n) is 36.0. The van der Waals surface area contributed by atoms with Crippen molar-refractivity contribution in [3.8, 4) is 22.3 Å². The summed E-state index contributed by atoms with van der Waals surface area (Å²) in [5.74, 6) is 0.406. The molecule has 0 amide bonds. The molecule has 3 unspecified atom stereocenters. The van der Waals surface area contributed by atoms with Crippen molar-refractivity contribution in [2.75, 3.05) is 4.90 Å². The summed E-state index contributed by atoms with van der Waals surface area (Å²) in [7, 11) is 0. The highest BCUT2D eigenvalue weighted by Gasteiger charge is 2.52. The quantitative estimate of drug-likeness (QED) is 0.118. The minimum atomic E-state index is -0.370. The number of nitrogens with zero attached hydrogens (tertiary/aromatic N) is 1. The van der Waals surface area contributed by atoms with Crippen LogP contribution in [0.2, 0.25) is 0 Å². The highest BCUT2D eigenvalue weighted by molar-refractivity contribution is 14.1.